The Morgan fingerprint density at radius 3 is 2.44 bits per heavy atom. The van der Waals surface area contributed by atoms with Gasteiger partial charge in [0.25, 0.3) is 0 Å². The molecular formula is C13H18BrN3O. The van der Waals surface area contributed by atoms with Crippen molar-refractivity contribution in [3.8, 4) is 0 Å². The number of aromatic amines is 2. The van der Waals surface area contributed by atoms with Crippen molar-refractivity contribution < 1.29 is 0 Å². The summed E-state index contributed by atoms with van der Waals surface area (Å²) in [5, 5.41) is 3.51. The summed E-state index contributed by atoms with van der Waals surface area (Å²) in [4.78, 5) is 16.8. The van der Waals surface area contributed by atoms with Crippen LogP contribution in [0.3, 0.4) is 0 Å². The second-order valence-corrected chi connectivity index (χ2v) is 5.71. The van der Waals surface area contributed by atoms with Gasteiger partial charge in [0, 0.05) is 10.5 Å². The number of imidazole rings is 1. The molecule has 0 radical (unpaired) electrons. The van der Waals surface area contributed by atoms with Crippen molar-refractivity contribution in [2.24, 2.45) is 5.92 Å². The largest absolute Gasteiger partial charge is 0.381 e. The number of nitrogens with one attached hydrogen (secondary N) is 3. The molecular weight excluding hydrogens is 294 g/mol. The molecule has 1 unspecified atom stereocenters. The summed E-state index contributed by atoms with van der Waals surface area (Å²) in [7, 11) is 0. The normalized spacial score (nSPS) is 13.2. The lowest BCUT2D eigenvalue weighted by molar-refractivity contribution is 0.511. The molecule has 1 aromatic heterocycles. The molecule has 0 saturated heterocycles. The quantitative estimate of drug-likeness (QED) is 0.809. The fourth-order valence-electron chi connectivity index (χ4n) is 2.11. The lowest BCUT2D eigenvalue weighted by Gasteiger charge is -2.22. The molecule has 0 aliphatic heterocycles. The van der Waals surface area contributed by atoms with E-state index in [1.807, 2.05) is 12.1 Å². The van der Waals surface area contributed by atoms with E-state index < -0.39 is 0 Å². The fraction of sp³-hybridized carbons (Fsp3) is 0.462. The van der Waals surface area contributed by atoms with Gasteiger partial charge in [-0.1, -0.05) is 20.8 Å². The van der Waals surface area contributed by atoms with E-state index in [9.17, 15) is 4.79 Å². The number of aromatic nitrogens is 2. The molecule has 4 nitrogen and oxygen atoms in total. The summed E-state index contributed by atoms with van der Waals surface area (Å²) in [6.07, 6.45) is 1.06. The number of H-pyrrole nitrogens is 2. The van der Waals surface area contributed by atoms with Crippen molar-refractivity contribution in [2.75, 3.05) is 5.32 Å². The Hall–Kier alpha value is -1.23. The van der Waals surface area contributed by atoms with E-state index >= 15 is 0 Å². The van der Waals surface area contributed by atoms with E-state index in [0.717, 1.165) is 27.6 Å². The molecule has 1 heterocycles. The average molecular weight is 312 g/mol. The second kappa shape index (κ2) is 5.18. The fourth-order valence-corrected chi connectivity index (χ4v) is 2.56. The number of hydrogen-bond donors (Lipinski definition) is 3. The van der Waals surface area contributed by atoms with Gasteiger partial charge in [0.05, 0.1) is 16.7 Å². The van der Waals surface area contributed by atoms with Gasteiger partial charge < -0.3 is 15.3 Å². The Morgan fingerprint density at radius 1 is 1.28 bits per heavy atom. The smallest absolute Gasteiger partial charge is 0.323 e. The highest BCUT2D eigenvalue weighted by Crippen LogP contribution is 2.28. The van der Waals surface area contributed by atoms with Crippen LogP contribution in [0, 0.1) is 5.92 Å². The zero-order chi connectivity index (χ0) is 13.3. The molecule has 0 fully saturated rings. The third-order valence-corrected chi connectivity index (χ3v) is 3.85. The van der Waals surface area contributed by atoms with E-state index in [1.165, 1.54) is 0 Å². The van der Waals surface area contributed by atoms with Gasteiger partial charge in [-0.3, -0.25) is 0 Å². The summed E-state index contributed by atoms with van der Waals surface area (Å²) in [6.45, 7) is 6.57. The lowest BCUT2D eigenvalue weighted by atomic mass is 10.0. The van der Waals surface area contributed by atoms with E-state index in [4.69, 9.17) is 0 Å². The van der Waals surface area contributed by atoms with Gasteiger partial charge >= 0.3 is 5.69 Å². The maximum Gasteiger partial charge on any atom is 0.323 e. The Kier molecular flexibility index (Phi) is 3.80. The molecule has 98 valence electrons. The first-order valence-corrected chi connectivity index (χ1v) is 6.98. The van der Waals surface area contributed by atoms with Gasteiger partial charge in [-0.2, -0.15) is 0 Å². The highest BCUT2D eigenvalue weighted by molar-refractivity contribution is 9.10. The van der Waals surface area contributed by atoms with Crippen LogP contribution in [0.5, 0.6) is 0 Å². The van der Waals surface area contributed by atoms with E-state index in [1.54, 1.807) is 0 Å². The SMILES string of the molecule is CCC(Nc1cc2[nH]c(=O)[nH]c2cc1Br)C(C)C. The monoisotopic (exact) mass is 311 g/mol. The number of anilines is 1. The molecule has 1 atom stereocenters. The van der Waals surface area contributed by atoms with Gasteiger partial charge in [-0.05, 0) is 40.4 Å². The highest BCUT2D eigenvalue weighted by atomic mass is 79.9. The molecule has 0 bridgehead atoms. The first-order valence-electron chi connectivity index (χ1n) is 6.19. The minimum absolute atomic E-state index is 0.176. The Balaban J connectivity index is 2.38. The molecule has 18 heavy (non-hydrogen) atoms. The van der Waals surface area contributed by atoms with Crippen molar-refractivity contribution in [2.45, 2.75) is 33.2 Å². The summed E-state index contributed by atoms with van der Waals surface area (Å²) < 4.78 is 0.962. The van der Waals surface area contributed by atoms with Gasteiger partial charge in [0.1, 0.15) is 0 Å². The number of halogens is 1. The maximum atomic E-state index is 11.3. The van der Waals surface area contributed by atoms with Crippen molar-refractivity contribution in [3.05, 3.63) is 27.1 Å². The summed E-state index contributed by atoms with van der Waals surface area (Å²) >= 11 is 3.54. The average Bonchev–Trinajstić information content (AvgIpc) is 2.64. The molecule has 1 aromatic carbocycles. The first-order chi connectivity index (χ1) is 8.51. The minimum Gasteiger partial charge on any atom is -0.381 e. The van der Waals surface area contributed by atoms with Gasteiger partial charge in [0.15, 0.2) is 0 Å². The molecule has 0 spiro atoms. The lowest BCUT2D eigenvalue weighted by Crippen LogP contribution is -2.24. The molecule has 0 amide bonds. The van der Waals surface area contributed by atoms with Crippen LogP contribution in [0.1, 0.15) is 27.2 Å². The molecule has 2 aromatic rings. The topological polar surface area (TPSA) is 60.7 Å². The van der Waals surface area contributed by atoms with E-state index in [-0.39, 0.29) is 5.69 Å². The zero-order valence-corrected chi connectivity index (χ0v) is 12.4. The minimum atomic E-state index is -0.176. The molecule has 2 rings (SSSR count). The molecule has 0 aliphatic carbocycles. The predicted octanol–water partition coefficient (Wildman–Crippen LogP) is 3.47. The van der Waals surface area contributed by atoms with Gasteiger partial charge in [-0.15, -0.1) is 0 Å². The van der Waals surface area contributed by atoms with Crippen LogP contribution in [-0.4, -0.2) is 16.0 Å². The van der Waals surface area contributed by atoms with Crippen LogP contribution in [0.4, 0.5) is 5.69 Å². The predicted molar refractivity (Wildman–Crippen MR) is 79.2 cm³/mol. The van der Waals surface area contributed by atoms with Crippen LogP contribution in [0.15, 0.2) is 21.4 Å². The van der Waals surface area contributed by atoms with Crippen LogP contribution in [-0.2, 0) is 0 Å². The number of rotatable bonds is 4. The third-order valence-electron chi connectivity index (χ3n) is 3.19. The Bertz CT molecular complexity index is 600. The zero-order valence-electron chi connectivity index (χ0n) is 10.8. The molecule has 0 saturated carbocycles. The first kappa shape index (κ1) is 13.2. The van der Waals surface area contributed by atoms with Crippen molar-refractivity contribution >= 4 is 32.7 Å². The van der Waals surface area contributed by atoms with Crippen LogP contribution >= 0.6 is 15.9 Å². The summed E-state index contributed by atoms with van der Waals surface area (Å²) in [6, 6.07) is 4.30. The van der Waals surface area contributed by atoms with Gasteiger partial charge in [0.2, 0.25) is 0 Å². The molecule has 0 aliphatic rings. The van der Waals surface area contributed by atoms with Gasteiger partial charge in [-0.25, -0.2) is 4.79 Å². The number of hydrogen-bond acceptors (Lipinski definition) is 2. The van der Waals surface area contributed by atoms with E-state index in [0.29, 0.717) is 12.0 Å². The maximum absolute atomic E-state index is 11.3. The number of fused-ring (bicyclic) bond motifs is 1. The van der Waals surface area contributed by atoms with Crippen LogP contribution < -0.4 is 11.0 Å². The Labute approximate surface area is 114 Å². The highest BCUT2D eigenvalue weighted by Gasteiger charge is 2.13. The van der Waals surface area contributed by atoms with Crippen molar-refractivity contribution in [1.29, 1.82) is 0 Å². The van der Waals surface area contributed by atoms with Crippen LogP contribution in [0.2, 0.25) is 0 Å². The summed E-state index contributed by atoms with van der Waals surface area (Å²) in [5.74, 6) is 0.558. The van der Waals surface area contributed by atoms with Crippen LogP contribution in [0.25, 0.3) is 11.0 Å². The van der Waals surface area contributed by atoms with Crippen molar-refractivity contribution in [1.82, 2.24) is 9.97 Å². The van der Waals surface area contributed by atoms with Crippen molar-refractivity contribution in [3.63, 3.8) is 0 Å². The standard InChI is InChI=1S/C13H18BrN3O/c1-4-9(7(2)3)15-10-6-12-11(5-8(10)14)16-13(18)17-12/h5-7,9,15H,4H2,1-3H3,(H2,16,17,18). The third kappa shape index (κ3) is 2.61. The Morgan fingerprint density at radius 2 is 1.89 bits per heavy atom. The molecule has 5 heteroatoms. The van der Waals surface area contributed by atoms with E-state index in [2.05, 4.69) is 52.0 Å². The number of benzene rings is 1. The molecule has 3 N–H and O–H groups in total. The second-order valence-electron chi connectivity index (χ2n) is 4.86. The summed E-state index contributed by atoms with van der Waals surface area (Å²) in [5.41, 5.74) is 2.47.